The lowest BCUT2D eigenvalue weighted by Gasteiger charge is -1.99. The maximum atomic E-state index is 11.4. The van der Waals surface area contributed by atoms with Crippen LogP contribution in [0.2, 0.25) is 0 Å². The number of nitrogens with one attached hydrogen (secondary N) is 1. The summed E-state index contributed by atoms with van der Waals surface area (Å²) in [5.41, 5.74) is 0.0653. The van der Waals surface area contributed by atoms with E-state index >= 15 is 0 Å². The van der Waals surface area contributed by atoms with E-state index in [1.54, 1.807) is 0 Å². The first-order chi connectivity index (χ1) is 8.62. The molecular formula is C9H9ClN3O4S. The molecule has 7 nitrogen and oxygen atoms in total. The van der Waals surface area contributed by atoms with Crippen LogP contribution in [-0.2, 0) is 19.2 Å². The van der Waals surface area contributed by atoms with E-state index in [0.717, 1.165) is 11.3 Å². The number of alkyl halides is 1. The van der Waals surface area contributed by atoms with Gasteiger partial charge in [-0.05, 0) is 0 Å². The minimum absolute atomic E-state index is 0.143. The Balaban J connectivity index is 2.91. The van der Waals surface area contributed by atoms with Crippen molar-refractivity contribution in [1.82, 2.24) is 4.98 Å². The van der Waals surface area contributed by atoms with Crippen LogP contribution in [0.4, 0.5) is 5.13 Å². The van der Waals surface area contributed by atoms with E-state index in [9.17, 15) is 9.59 Å². The third-order valence-corrected chi connectivity index (χ3v) is 2.62. The Morgan fingerprint density at radius 1 is 1.67 bits per heavy atom. The van der Waals surface area contributed by atoms with Gasteiger partial charge in [-0.1, -0.05) is 5.16 Å². The molecule has 0 bridgehead atoms. The van der Waals surface area contributed by atoms with Gasteiger partial charge in [-0.2, -0.15) is 0 Å². The van der Waals surface area contributed by atoms with Gasteiger partial charge in [-0.3, -0.25) is 4.79 Å². The highest BCUT2D eigenvalue weighted by Gasteiger charge is 2.19. The first kappa shape index (κ1) is 14.4. The fourth-order valence-electron chi connectivity index (χ4n) is 0.941. The molecular weight excluding hydrogens is 282 g/mol. The molecule has 1 radical (unpaired) electrons. The number of carbonyl (C=O) groups is 2. The van der Waals surface area contributed by atoms with E-state index < -0.39 is 11.9 Å². The van der Waals surface area contributed by atoms with Crippen molar-refractivity contribution in [3.05, 3.63) is 18.2 Å². The normalized spacial score (nSPS) is 10.9. The largest absolute Gasteiger partial charge is 0.457 e. The smallest absolute Gasteiger partial charge is 0.362 e. The maximum Gasteiger partial charge on any atom is 0.362 e. The molecule has 1 N–H and O–H groups in total. The molecule has 0 saturated carbocycles. The highest BCUT2D eigenvalue weighted by molar-refractivity contribution is 7.14. The summed E-state index contributed by atoms with van der Waals surface area (Å²) >= 11 is 6.44. The molecule has 0 atom stereocenters. The topological polar surface area (TPSA) is 89.9 Å². The molecule has 0 aromatic carbocycles. The van der Waals surface area contributed by atoms with Crippen molar-refractivity contribution in [1.29, 1.82) is 0 Å². The van der Waals surface area contributed by atoms with Crippen LogP contribution in [-0.4, -0.2) is 35.6 Å². The van der Waals surface area contributed by atoms with Gasteiger partial charge in [0.25, 0.3) is 0 Å². The van der Waals surface area contributed by atoms with Gasteiger partial charge in [0, 0.05) is 5.38 Å². The van der Waals surface area contributed by atoms with E-state index in [2.05, 4.69) is 32.1 Å². The predicted octanol–water partition coefficient (Wildman–Crippen LogP) is 1.01. The van der Waals surface area contributed by atoms with Gasteiger partial charge < -0.3 is 14.9 Å². The number of halogens is 1. The van der Waals surface area contributed by atoms with E-state index in [4.69, 9.17) is 11.6 Å². The molecule has 0 saturated heterocycles. The second kappa shape index (κ2) is 6.92. The number of esters is 1. The number of aromatic nitrogens is 1. The molecule has 1 rings (SSSR count). The summed E-state index contributed by atoms with van der Waals surface area (Å²) in [5, 5.41) is 7.72. The van der Waals surface area contributed by atoms with Crippen molar-refractivity contribution in [3.8, 4) is 0 Å². The lowest BCUT2D eigenvalue weighted by Crippen LogP contribution is -2.18. The minimum atomic E-state index is -0.794. The number of hydrogen-bond acceptors (Lipinski definition) is 7. The number of carbonyl (C=O) groups excluding carboxylic acids is 2. The highest BCUT2D eigenvalue weighted by atomic mass is 35.5. The van der Waals surface area contributed by atoms with E-state index in [-0.39, 0.29) is 22.4 Å². The molecule has 97 valence electrons. The molecule has 0 unspecified atom stereocenters. The third kappa shape index (κ3) is 3.67. The Morgan fingerprint density at radius 3 is 2.94 bits per heavy atom. The highest BCUT2D eigenvalue weighted by Crippen LogP contribution is 2.16. The lowest BCUT2D eigenvalue weighted by atomic mass is 10.3. The second-order valence-electron chi connectivity index (χ2n) is 2.77. The summed E-state index contributed by atoms with van der Waals surface area (Å²) in [6.45, 7) is 0. The molecule has 1 aromatic rings. The van der Waals surface area contributed by atoms with Gasteiger partial charge in [0.05, 0.1) is 0 Å². The lowest BCUT2D eigenvalue weighted by molar-refractivity contribution is -0.130. The Bertz CT molecular complexity index is 474. The number of thiazole rings is 1. The fourth-order valence-corrected chi connectivity index (χ4v) is 1.72. The number of amides is 1. The SMILES string of the molecule is [CH2]OC(=O)/C(=N\OC)c1csc(NC(=O)CCl)n1. The van der Waals surface area contributed by atoms with Gasteiger partial charge in [0.2, 0.25) is 11.6 Å². The van der Waals surface area contributed by atoms with Crippen LogP contribution >= 0.6 is 22.9 Å². The van der Waals surface area contributed by atoms with Crippen molar-refractivity contribution in [2.24, 2.45) is 5.16 Å². The van der Waals surface area contributed by atoms with E-state index in [1.165, 1.54) is 12.5 Å². The van der Waals surface area contributed by atoms with Gasteiger partial charge in [0.1, 0.15) is 25.8 Å². The molecule has 0 aliphatic heterocycles. The van der Waals surface area contributed by atoms with Crippen LogP contribution in [0.5, 0.6) is 0 Å². The first-order valence-corrected chi connectivity index (χ1v) is 5.93. The number of anilines is 1. The van der Waals surface area contributed by atoms with Crippen molar-refractivity contribution >= 4 is 45.7 Å². The summed E-state index contributed by atoms with van der Waals surface area (Å²) in [6.07, 6.45) is 0. The van der Waals surface area contributed by atoms with Crippen LogP contribution in [0.1, 0.15) is 5.69 Å². The molecule has 18 heavy (non-hydrogen) atoms. The number of ether oxygens (including phenoxy) is 1. The van der Waals surface area contributed by atoms with Crippen molar-refractivity contribution in [3.63, 3.8) is 0 Å². The monoisotopic (exact) mass is 290 g/mol. The predicted molar refractivity (Wildman–Crippen MR) is 66.5 cm³/mol. The van der Waals surface area contributed by atoms with Crippen LogP contribution in [0.25, 0.3) is 0 Å². The van der Waals surface area contributed by atoms with Gasteiger partial charge in [-0.15, -0.1) is 22.9 Å². The molecule has 0 aliphatic rings. The number of nitrogens with zero attached hydrogens (tertiary/aromatic N) is 2. The summed E-state index contributed by atoms with van der Waals surface area (Å²) in [7, 11) is 4.26. The Labute approximate surface area is 112 Å². The average Bonchev–Trinajstić information content (AvgIpc) is 2.83. The molecule has 1 amide bonds. The van der Waals surface area contributed by atoms with Crippen molar-refractivity contribution in [2.45, 2.75) is 0 Å². The van der Waals surface area contributed by atoms with Gasteiger partial charge >= 0.3 is 5.97 Å². The minimum Gasteiger partial charge on any atom is -0.457 e. The molecule has 9 heteroatoms. The zero-order chi connectivity index (χ0) is 13.5. The van der Waals surface area contributed by atoms with Crippen LogP contribution in [0, 0.1) is 7.11 Å². The van der Waals surface area contributed by atoms with Crippen molar-refractivity contribution in [2.75, 3.05) is 18.3 Å². The molecule has 1 aromatic heterocycles. The third-order valence-electron chi connectivity index (χ3n) is 1.62. The van der Waals surface area contributed by atoms with E-state index in [1.807, 2.05) is 0 Å². The summed E-state index contributed by atoms with van der Waals surface area (Å²) in [5.74, 6) is -1.38. The Kier molecular flexibility index (Phi) is 5.53. The number of hydrogen-bond donors (Lipinski definition) is 1. The van der Waals surface area contributed by atoms with Crippen molar-refractivity contribution < 1.29 is 19.2 Å². The van der Waals surface area contributed by atoms with E-state index in [0.29, 0.717) is 0 Å². The van der Waals surface area contributed by atoms with Crippen LogP contribution in [0.15, 0.2) is 10.5 Å². The number of oxime groups is 1. The maximum absolute atomic E-state index is 11.4. The standard InChI is InChI=1S/C9H9ClN3O4S/c1-16-8(15)7(13-17-2)5-4-18-9(11-5)12-6(14)3-10/h4H,1,3H2,2H3,(H,11,12,14)/b13-7-. The van der Waals surface area contributed by atoms with Crippen LogP contribution < -0.4 is 5.32 Å². The molecule has 0 spiro atoms. The number of rotatable bonds is 5. The summed E-state index contributed by atoms with van der Waals surface area (Å²) in [6, 6.07) is 0. The zero-order valence-corrected chi connectivity index (χ0v) is 10.9. The van der Waals surface area contributed by atoms with Gasteiger partial charge in [-0.25, -0.2) is 9.78 Å². The fraction of sp³-hybridized carbons (Fsp3) is 0.222. The molecule has 1 heterocycles. The second-order valence-corrected chi connectivity index (χ2v) is 3.90. The first-order valence-electron chi connectivity index (χ1n) is 4.51. The van der Waals surface area contributed by atoms with Gasteiger partial charge in [0.15, 0.2) is 5.13 Å². The quantitative estimate of drug-likeness (QED) is 0.378. The Morgan fingerprint density at radius 2 is 2.39 bits per heavy atom. The Hall–Kier alpha value is -1.67. The molecule has 0 aliphatic carbocycles. The zero-order valence-electron chi connectivity index (χ0n) is 9.31. The summed E-state index contributed by atoms with van der Waals surface area (Å²) < 4.78 is 4.29. The molecule has 0 fully saturated rings. The van der Waals surface area contributed by atoms with Crippen LogP contribution in [0.3, 0.4) is 0 Å². The average molecular weight is 291 g/mol. The summed E-state index contributed by atoms with van der Waals surface area (Å²) in [4.78, 5) is 30.9.